The predicted molar refractivity (Wildman–Crippen MR) is 86.1 cm³/mol. The number of carbonyl (C=O) groups excluding carboxylic acids is 1. The van der Waals surface area contributed by atoms with Crippen LogP contribution in [0.3, 0.4) is 0 Å². The Morgan fingerprint density at radius 3 is 2.27 bits per heavy atom. The number of carbonyl (C=O) groups is 1. The zero-order valence-corrected chi connectivity index (χ0v) is 13.2. The highest BCUT2D eigenvalue weighted by Gasteiger charge is 2.20. The van der Waals surface area contributed by atoms with Crippen LogP contribution in [0.15, 0.2) is 59.5 Å². The number of hydrogen-bond donors (Lipinski definition) is 1. The van der Waals surface area contributed by atoms with Crippen LogP contribution in [-0.4, -0.2) is 20.7 Å². The Hall–Kier alpha value is -1.98. The van der Waals surface area contributed by atoms with Gasteiger partial charge in [-0.25, -0.2) is 13.1 Å². The molecule has 2 rings (SSSR count). The van der Waals surface area contributed by atoms with Crippen molar-refractivity contribution in [2.45, 2.75) is 30.7 Å². The summed E-state index contributed by atoms with van der Waals surface area (Å²) < 4.78 is 27.4. The van der Waals surface area contributed by atoms with Gasteiger partial charge >= 0.3 is 0 Å². The van der Waals surface area contributed by atoms with Crippen molar-refractivity contribution in [3.8, 4) is 0 Å². The van der Waals surface area contributed by atoms with E-state index in [9.17, 15) is 13.2 Å². The lowest BCUT2D eigenvalue weighted by Crippen LogP contribution is -2.36. The summed E-state index contributed by atoms with van der Waals surface area (Å²) in [6.07, 6.45) is 1.36. The van der Waals surface area contributed by atoms with Gasteiger partial charge in [-0.3, -0.25) is 0 Å². The molecule has 0 aliphatic heterocycles. The average molecular weight is 317 g/mol. The van der Waals surface area contributed by atoms with Crippen LogP contribution in [0.2, 0.25) is 0 Å². The molecule has 0 aromatic heterocycles. The third-order valence-electron chi connectivity index (χ3n) is 3.36. The maximum atomic E-state index is 12.4. The van der Waals surface area contributed by atoms with Crippen molar-refractivity contribution in [1.29, 1.82) is 0 Å². The molecule has 0 saturated carbocycles. The zero-order valence-electron chi connectivity index (χ0n) is 12.4. The first-order chi connectivity index (χ1) is 10.5. The van der Waals surface area contributed by atoms with E-state index < -0.39 is 16.1 Å². The van der Waals surface area contributed by atoms with Crippen molar-refractivity contribution in [3.63, 3.8) is 0 Å². The Kier molecular flexibility index (Phi) is 5.46. The van der Waals surface area contributed by atoms with Crippen LogP contribution in [0.25, 0.3) is 0 Å². The van der Waals surface area contributed by atoms with Gasteiger partial charge in [-0.15, -0.1) is 0 Å². The number of hydrogen-bond acceptors (Lipinski definition) is 3. The van der Waals surface area contributed by atoms with E-state index in [1.807, 2.05) is 37.3 Å². The zero-order chi connectivity index (χ0) is 16.0. The summed E-state index contributed by atoms with van der Waals surface area (Å²) in [6.45, 7) is 1.90. The molecule has 0 aliphatic rings. The van der Waals surface area contributed by atoms with Gasteiger partial charge < -0.3 is 4.79 Å². The maximum Gasteiger partial charge on any atom is 0.240 e. The molecule has 2 aromatic carbocycles. The summed E-state index contributed by atoms with van der Waals surface area (Å²) in [5.74, 6) is 0. The summed E-state index contributed by atoms with van der Waals surface area (Å²) in [5, 5.41) is 0. The topological polar surface area (TPSA) is 63.2 Å². The Labute approximate surface area is 131 Å². The van der Waals surface area contributed by atoms with E-state index in [1.54, 1.807) is 24.3 Å². The molecule has 4 nitrogen and oxygen atoms in total. The Morgan fingerprint density at radius 2 is 1.68 bits per heavy atom. The minimum Gasteiger partial charge on any atom is -0.303 e. The molecule has 2 aromatic rings. The third kappa shape index (κ3) is 4.51. The standard InChI is InChI=1S/C17H19NO3S/c1-14-7-9-17(10-8-14)22(20,21)18-16(11-12-19)13-15-5-3-2-4-6-15/h2-10,12,16,18H,11,13H2,1H3/t16-/m0/s1. The van der Waals surface area contributed by atoms with E-state index in [1.165, 1.54) is 0 Å². The molecule has 0 saturated heterocycles. The number of sulfonamides is 1. The van der Waals surface area contributed by atoms with E-state index in [0.29, 0.717) is 6.42 Å². The quantitative estimate of drug-likeness (QED) is 0.798. The first-order valence-corrected chi connectivity index (χ1v) is 8.56. The molecule has 0 aliphatic carbocycles. The Balaban J connectivity index is 2.15. The fourth-order valence-electron chi connectivity index (χ4n) is 2.19. The molecule has 0 bridgehead atoms. The summed E-state index contributed by atoms with van der Waals surface area (Å²) >= 11 is 0. The van der Waals surface area contributed by atoms with E-state index >= 15 is 0 Å². The molecule has 0 heterocycles. The lowest BCUT2D eigenvalue weighted by Gasteiger charge is -2.17. The predicted octanol–water partition coefficient (Wildman–Crippen LogP) is 2.47. The lowest BCUT2D eigenvalue weighted by molar-refractivity contribution is -0.108. The first-order valence-electron chi connectivity index (χ1n) is 7.08. The Morgan fingerprint density at radius 1 is 1.05 bits per heavy atom. The van der Waals surface area contributed by atoms with Crippen LogP contribution in [0, 0.1) is 6.92 Å². The summed E-state index contributed by atoms with van der Waals surface area (Å²) in [6, 6.07) is 15.7. The molecule has 0 fully saturated rings. The second-order valence-electron chi connectivity index (χ2n) is 5.22. The van der Waals surface area contributed by atoms with Gasteiger partial charge in [-0.2, -0.15) is 0 Å². The number of nitrogens with one attached hydrogen (secondary N) is 1. The normalized spacial score (nSPS) is 12.8. The van der Waals surface area contributed by atoms with Gasteiger partial charge in [0, 0.05) is 12.5 Å². The number of aldehydes is 1. The van der Waals surface area contributed by atoms with Crippen LogP contribution in [0.4, 0.5) is 0 Å². The lowest BCUT2D eigenvalue weighted by atomic mass is 10.1. The van der Waals surface area contributed by atoms with Gasteiger partial charge in [0.25, 0.3) is 0 Å². The summed E-state index contributed by atoms with van der Waals surface area (Å²) in [4.78, 5) is 11.0. The maximum absolute atomic E-state index is 12.4. The van der Waals surface area contributed by atoms with Crippen LogP contribution < -0.4 is 4.72 Å². The van der Waals surface area contributed by atoms with E-state index in [2.05, 4.69) is 4.72 Å². The minimum absolute atomic E-state index is 0.139. The monoisotopic (exact) mass is 317 g/mol. The van der Waals surface area contributed by atoms with Crippen molar-refractivity contribution in [2.75, 3.05) is 0 Å². The highest BCUT2D eigenvalue weighted by molar-refractivity contribution is 7.89. The van der Waals surface area contributed by atoms with Gasteiger partial charge in [0.05, 0.1) is 4.90 Å². The second kappa shape index (κ2) is 7.33. The third-order valence-corrected chi connectivity index (χ3v) is 4.90. The van der Waals surface area contributed by atoms with E-state index in [4.69, 9.17) is 0 Å². The van der Waals surface area contributed by atoms with Crippen LogP contribution in [0.1, 0.15) is 17.5 Å². The van der Waals surface area contributed by atoms with Crippen LogP contribution in [0.5, 0.6) is 0 Å². The molecule has 0 amide bonds. The second-order valence-corrected chi connectivity index (χ2v) is 6.94. The molecular weight excluding hydrogens is 298 g/mol. The molecule has 1 atom stereocenters. The van der Waals surface area contributed by atoms with E-state index in [0.717, 1.165) is 17.4 Å². The van der Waals surface area contributed by atoms with Crippen LogP contribution in [-0.2, 0) is 21.2 Å². The fraction of sp³-hybridized carbons (Fsp3) is 0.235. The summed E-state index contributed by atoms with van der Waals surface area (Å²) in [7, 11) is -3.63. The highest BCUT2D eigenvalue weighted by Crippen LogP contribution is 2.13. The first kappa shape index (κ1) is 16.4. The van der Waals surface area contributed by atoms with Gasteiger partial charge in [0.15, 0.2) is 0 Å². The molecular formula is C17H19NO3S. The van der Waals surface area contributed by atoms with Crippen molar-refractivity contribution in [2.24, 2.45) is 0 Å². The smallest absolute Gasteiger partial charge is 0.240 e. The SMILES string of the molecule is Cc1ccc(S(=O)(=O)N[C@@H](CC=O)Cc2ccccc2)cc1. The van der Waals surface area contributed by atoms with Crippen molar-refractivity contribution in [1.82, 2.24) is 4.72 Å². The molecule has 22 heavy (non-hydrogen) atoms. The number of rotatable bonds is 7. The fourth-order valence-corrected chi connectivity index (χ4v) is 3.44. The molecule has 116 valence electrons. The van der Waals surface area contributed by atoms with Crippen LogP contribution >= 0.6 is 0 Å². The van der Waals surface area contributed by atoms with Gasteiger partial charge in [-0.05, 0) is 31.0 Å². The van der Waals surface area contributed by atoms with E-state index in [-0.39, 0.29) is 11.3 Å². The molecule has 0 spiro atoms. The molecule has 5 heteroatoms. The number of aryl methyl sites for hydroxylation is 1. The summed E-state index contributed by atoms with van der Waals surface area (Å²) in [5.41, 5.74) is 1.98. The average Bonchev–Trinajstić information content (AvgIpc) is 2.48. The van der Waals surface area contributed by atoms with Crippen molar-refractivity contribution >= 4 is 16.3 Å². The Bertz CT molecular complexity index is 709. The van der Waals surface area contributed by atoms with Gasteiger partial charge in [0.2, 0.25) is 10.0 Å². The molecule has 0 radical (unpaired) electrons. The van der Waals surface area contributed by atoms with Gasteiger partial charge in [-0.1, -0.05) is 48.0 Å². The molecule has 0 unspecified atom stereocenters. The van der Waals surface area contributed by atoms with Gasteiger partial charge in [0.1, 0.15) is 6.29 Å². The molecule has 1 N–H and O–H groups in total. The van der Waals surface area contributed by atoms with Crippen molar-refractivity contribution in [3.05, 3.63) is 65.7 Å². The highest BCUT2D eigenvalue weighted by atomic mass is 32.2. The largest absolute Gasteiger partial charge is 0.303 e. The van der Waals surface area contributed by atoms with Crippen molar-refractivity contribution < 1.29 is 13.2 Å². The minimum atomic E-state index is -3.63. The number of benzene rings is 2.